The molecule has 0 unspecified atom stereocenters. The number of carbonyl (C=O) groups excluding carboxylic acids is 1. The third-order valence-corrected chi connectivity index (χ3v) is 8.14. The highest BCUT2D eigenvalue weighted by Gasteiger charge is 2.29. The Hall–Kier alpha value is -4.92. The van der Waals surface area contributed by atoms with Crippen LogP contribution in [0, 0.1) is 0 Å². The van der Waals surface area contributed by atoms with Crippen LogP contribution in [0.25, 0.3) is 43.7 Å². The van der Waals surface area contributed by atoms with E-state index in [-0.39, 0.29) is 18.4 Å². The van der Waals surface area contributed by atoms with Gasteiger partial charge in [0.2, 0.25) is 0 Å². The summed E-state index contributed by atoms with van der Waals surface area (Å²) in [5.41, 5.74) is 8.47. The van der Waals surface area contributed by atoms with Gasteiger partial charge < -0.3 is 29.6 Å². The van der Waals surface area contributed by atoms with Crippen LogP contribution in [0.3, 0.4) is 0 Å². The fraction of sp³-hybridized carbons (Fsp3) is 0.250. The highest BCUT2D eigenvalue weighted by atomic mass is 16.5. The zero-order valence-corrected chi connectivity index (χ0v) is 23.6. The van der Waals surface area contributed by atoms with E-state index in [1.54, 1.807) is 0 Å². The molecule has 0 aliphatic heterocycles. The van der Waals surface area contributed by atoms with E-state index < -0.39 is 0 Å². The molecular formula is C32H32N6O3. The van der Waals surface area contributed by atoms with Gasteiger partial charge in [-0.2, -0.15) is 5.10 Å². The summed E-state index contributed by atoms with van der Waals surface area (Å²) < 4.78 is 10.2. The van der Waals surface area contributed by atoms with Crippen molar-refractivity contribution in [1.29, 1.82) is 0 Å². The Bertz CT molecular complexity index is 1980. The third-order valence-electron chi connectivity index (χ3n) is 8.14. The standard InChI is InChI=1S/C32H32N6O3/c1-5-38-26-13-10-20(41-17-27(39)34-18-6-8-19(9-7-18)36(2)3)14-22(26)29-23-15-33-32(40)30(23)28-21(31(29)38)11-12-25-24(28)16-37(4)35-25/h6-10,13-16,33,40H,5,11-12,17H2,1-4H3,(H,34,39). The summed E-state index contributed by atoms with van der Waals surface area (Å²) in [5.74, 6) is 0.554. The number of benzene rings is 3. The minimum atomic E-state index is -0.224. The lowest BCUT2D eigenvalue weighted by Gasteiger charge is -2.20. The molecule has 0 saturated carbocycles. The van der Waals surface area contributed by atoms with Crippen LogP contribution < -0.4 is 15.0 Å². The molecule has 1 amide bonds. The summed E-state index contributed by atoms with van der Waals surface area (Å²) in [5, 5.41) is 22.5. The smallest absolute Gasteiger partial charge is 0.262 e. The van der Waals surface area contributed by atoms with Gasteiger partial charge in [0.05, 0.1) is 16.6 Å². The molecule has 3 N–H and O–H groups in total. The second kappa shape index (κ2) is 9.33. The lowest BCUT2D eigenvalue weighted by atomic mass is 9.85. The Morgan fingerprint density at radius 3 is 2.68 bits per heavy atom. The summed E-state index contributed by atoms with van der Waals surface area (Å²) in [6.45, 7) is 2.85. The predicted octanol–water partition coefficient (Wildman–Crippen LogP) is 5.58. The van der Waals surface area contributed by atoms with Gasteiger partial charge in [-0.1, -0.05) is 0 Å². The average molecular weight is 549 g/mol. The summed E-state index contributed by atoms with van der Waals surface area (Å²) in [7, 11) is 5.90. The van der Waals surface area contributed by atoms with E-state index in [0.717, 1.165) is 74.6 Å². The highest BCUT2D eigenvalue weighted by molar-refractivity contribution is 6.26. The van der Waals surface area contributed by atoms with Gasteiger partial charge in [0.1, 0.15) is 5.75 Å². The second-order valence-corrected chi connectivity index (χ2v) is 10.9. The Labute approximate surface area is 236 Å². The number of anilines is 2. The number of hydrogen-bond donors (Lipinski definition) is 3. The van der Waals surface area contributed by atoms with Crippen molar-refractivity contribution in [3.05, 3.63) is 66.1 Å². The maximum Gasteiger partial charge on any atom is 0.262 e. The van der Waals surface area contributed by atoms with E-state index >= 15 is 0 Å². The van der Waals surface area contributed by atoms with Crippen LogP contribution in [0.15, 0.2) is 54.9 Å². The number of fused-ring (bicyclic) bond motifs is 10. The first kappa shape index (κ1) is 25.1. The molecule has 3 heterocycles. The van der Waals surface area contributed by atoms with Crippen LogP contribution in [0.2, 0.25) is 0 Å². The molecule has 0 radical (unpaired) electrons. The average Bonchev–Trinajstić information content (AvgIpc) is 3.64. The topological polar surface area (TPSA) is 100 Å². The number of nitrogens with zero attached hydrogens (tertiary/aromatic N) is 4. The van der Waals surface area contributed by atoms with Crippen molar-refractivity contribution in [2.24, 2.45) is 7.05 Å². The molecule has 9 nitrogen and oxygen atoms in total. The Kier molecular flexibility index (Phi) is 5.71. The quantitative estimate of drug-likeness (QED) is 0.252. The highest BCUT2D eigenvalue weighted by Crippen LogP contribution is 2.49. The van der Waals surface area contributed by atoms with Crippen molar-refractivity contribution in [3.8, 4) is 22.8 Å². The van der Waals surface area contributed by atoms with Crippen LogP contribution in [0.1, 0.15) is 18.2 Å². The van der Waals surface area contributed by atoms with Crippen molar-refractivity contribution < 1.29 is 14.6 Å². The van der Waals surface area contributed by atoms with E-state index in [9.17, 15) is 9.90 Å². The largest absolute Gasteiger partial charge is 0.494 e. The molecule has 0 bridgehead atoms. The van der Waals surface area contributed by atoms with E-state index in [1.165, 1.54) is 11.1 Å². The first-order chi connectivity index (χ1) is 19.8. The van der Waals surface area contributed by atoms with Gasteiger partial charge in [-0.05, 0) is 67.8 Å². The van der Waals surface area contributed by atoms with Gasteiger partial charge in [-0.25, -0.2) is 0 Å². The molecule has 6 aromatic rings. The van der Waals surface area contributed by atoms with Crippen LogP contribution in [-0.2, 0) is 31.2 Å². The van der Waals surface area contributed by atoms with Crippen molar-refractivity contribution in [2.75, 3.05) is 30.9 Å². The number of ether oxygens (including phenoxy) is 1. The van der Waals surface area contributed by atoms with Crippen LogP contribution >= 0.6 is 0 Å². The van der Waals surface area contributed by atoms with E-state index in [4.69, 9.17) is 4.74 Å². The third kappa shape index (κ3) is 3.91. The maximum atomic E-state index is 12.7. The Morgan fingerprint density at radius 2 is 1.93 bits per heavy atom. The number of H-pyrrole nitrogens is 1. The SMILES string of the molecule is CCn1c2ccc(OCC(=O)Nc3ccc(N(C)C)cc3)cc2c2c3c[nH]c(O)c3c3c(c21)CCc1nn(C)cc1-3. The molecule has 208 valence electrons. The predicted molar refractivity (Wildman–Crippen MR) is 163 cm³/mol. The molecule has 0 atom stereocenters. The number of aryl methyl sites for hydroxylation is 4. The maximum absolute atomic E-state index is 12.7. The van der Waals surface area contributed by atoms with Gasteiger partial charge in [0.25, 0.3) is 5.91 Å². The van der Waals surface area contributed by atoms with Gasteiger partial charge in [-0.15, -0.1) is 0 Å². The zero-order valence-electron chi connectivity index (χ0n) is 23.6. The number of carbonyl (C=O) groups is 1. The van der Waals surface area contributed by atoms with Crippen molar-refractivity contribution in [1.82, 2.24) is 19.3 Å². The van der Waals surface area contributed by atoms with Crippen LogP contribution in [0.5, 0.6) is 11.6 Å². The lowest BCUT2D eigenvalue weighted by molar-refractivity contribution is -0.118. The first-order valence-corrected chi connectivity index (χ1v) is 13.9. The van der Waals surface area contributed by atoms with E-state index in [1.807, 2.05) is 73.3 Å². The molecule has 0 saturated heterocycles. The normalized spacial score (nSPS) is 12.6. The number of nitrogens with one attached hydrogen (secondary N) is 2. The number of aromatic amines is 1. The Morgan fingerprint density at radius 1 is 1.12 bits per heavy atom. The lowest BCUT2D eigenvalue weighted by Crippen LogP contribution is -2.20. The summed E-state index contributed by atoms with van der Waals surface area (Å²) >= 11 is 0. The van der Waals surface area contributed by atoms with Crippen molar-refractivity contribution in [2.45, 2.75) is 26.3 Å². The fourth-order valence-corrected chi connectivity index (χ4v) is 6.37. The second-order valence-electron chi connectivity index (χ2n) is 10.9. The van der Waals surface area contributed by atoms with Gasteiger partial charge >= 0.3 is 0 Å². The number of rotatable bonds is 6. The molecule has 0 spiro atoms. The molecule has 3 aromatic carbocycles. The zero-order chi connectivity index (χ0) is 28.4. The summed E-state index contributed by atoms with van der Waals surface area (Å²) in [6.07, 6.45) is 5.63. The number of aromatic hydroxyl groups is 1. The van der Waals surface area contributed by atoms with Gasteiger partial charge in [0.15, 0.2) is 12.5 Å². The Balaban J connectivity index is 1.29. The molecule has 3 aromatic heterocycles. The molecule has 41 heavy (non-hydrogen) atoms. The number of amides is 1. The van der Waals surface area contributed by atoms with Gasteiger partial charge in [0, 0.05) is 84.3 Å². The van der Waals surface area contributed by atoms with E-state index in [0.29, 0.717) is 5.75 Å². The first-order valence-electron chi connectivity index (χ1n) is 13.9. The van der Waals surface area contributed by atoms with Crippen molar-refractivity contribution >= 4 is 49.9 Å². The van der Waals surface area contributed by atoms with Crippen LogP contribution in [0.4, 0.5) is 11.4 Å². The molecular weight excluding hydrogens is 516 g/mol. The molecule has 7 rings (SSSR count). The number of hydrogen-bond acceptors (Lipinski definition) is 5. The monoisotopic (exact) mass is 548 g/mol. The van der Waals surface area contributed by atoms with Gasteiger partial charge in [-0.3, -0.25) is 9.48 Å². The molecule has 0 fully saturated rings. The fourth-order valence-electron chi connectivity index (χ4n) is 6.37. The van der Waals surface area contributed by atoms with Crippen LogP contribution in [-0.4, -0.2) is 51.0 Å². The molecule has 9 heteroatoms. The van der Waals surface area contributed by atoms with Crippen molar-refractivity contribution in [3.63, 3.8) is 0 Å². The minimum Gasteiger partial charge on any atom is -0.494 e. The summed E-state index contributed by atoms with van der Waals surface area (Å²) in [6, 6.07) is 13.7. The molecule has 1 aliphatic rings. The van der Waals surface area contributed by atoms with E-state index in [2.05, 4.69) is 39.2 Å². The number of aromatic nitrogens is 4. The summed E-state index contributed by atoms with van der Waals surface area (Å²) in [4.78, 5) is 17.8. The minimum absolute atomic E-state index is 0.104. The molecule has 1 aliphatic carbocycles.